The second kappa shape index (κ2) is 6.04. The van der Waals surface area contributed by atoms with Gasteiger partial charge in [0.1, 0.15) is 24.1 Å². The van der Waals surface area contributed by atoms with Crippen molar-refractivity contribution in [1.82, 2.24) is 9.55 Å². The summed E-state index contributed by atoms with van der Waals surface area (Å²) in [5.41, 5.74) is 4.63. The van der Waals surface area contributed by atoms with Gasteiger partial charge in [0.2, 0.25) is 0 Å². The Bertz CT molecular complexity index is 520. The molecule has 1 aromatic heterocycles. The summed E-state index contributed by atoms with van der Waals surface area (Å²) in [5.74, 6) is -0.307. The summed E-state index contributed by atoms with van der Waals surface area (Å²) in [4.78, 5) is 25.5. The second-order valence-corrected chi connectivity index (χ2v) is 5.00. The molecule has 9 heteroatoms. The van der Waals surface area contributed by atoms with Crippen molar-refractivity contribution >= 4 is 23.5 Å². The largest absolute Gasteiger partial charge is 0.480 e. The number of nitrogens with zero attached hydrogens (tertiary/aromatic N) is 2. The summed E-state index contributed by atoms with van der Waals surface area (Å²) in [6, 6.07) is 1.52. The molecule has 19 heavy (non-hydrogen) atoms. The molecule has 0 unspecified atom stereocenters. The molecule has 0 aliphatic carbocycles. The number of nitrogen functional groups attached to an aromatic ring is 1. The van der Waals surface area contributed by atoms with Gasteiger partial charge in [-0.2, -0.15) is 4.98 Å². The third-order valence-corrected chi connectivity index (χ3v) is 3.47. The highest BCUT2D eigenvalue weighted by atomic mass is 32.2. The number of rotatable bonds is 5. The van der Waals surface area contributed by atoms with Gasteiger partial charge < -0.3 is 20.3 Å². The van der Waals surface area contributed by atoms with Crippen LogP contribution in [0.15, 0.2) is 17.1 Å². The summed E-state index contributed by atoms with van der Waals surface area (Å²) in [5, 5.41) is 8.44. The molecule has 0 bridgehead atoms. The molecule has 0 spiro atoms. The van der Waals surface area contributed by atoms with Gasteiger partial charge >= 0.3 is 11.7 Å². The number of aliphatic carboxylic acids is 1. The molecule has 0 saturated carbocycles. The minimum atomic E-state index is -1.03. The first kappa shape index (κ1) is 13.8. The summed E-state index contributed by atoms with van der Waals surface area (Å²) >= 11 is 1.45. The molecule has 3 N–H and O–H groups in total. The summed E-state index contributed by atoms with van der Waals surface area (Å²) in [7, 11) is 0. The first-order valence-corrected chi connectivity index (χ1v) is 6.52. The number of ether oxygens (including phenoxy) is 2. The molecular formula is C10H13N3O5S. The third-order valence-electron chi connectivity index (χ3n) is 2.37. The van der Waals surface area contributed by atoms with E-state index in [9.17, 15) is 9.59 Å². The zero-order valence-corrected chi connectivity index (χ0v) is 10.7. The Hall–Kier alpha value is -1.58. The number of carbonyl (C=O) groups is 1. The zero-order valence-electron chi connectivity index (χ0n) is 9.89. The third kappa shape index (κ3) is 3.69. The molecule has 0 amide bonds. The number of nitrogens with two attached hydrogens (primary N) is 1. The maximum Gasteiger partial charge on any atom is 0.351 e. The van der Waals surface area contributed by atoms with E-state index in [2.05, 4.69) is 4.98 Å². The van der Waals surface area contributed by atoms with Gasteiger partial charge in [0.25, 0.3) is 0 Å². The van der Waals surface area contributed by atoms with Crippen LogP contribution in [0, 0.1) is 0 Å². The van der Waals surface area contributed by atoms with E-state index in [1.54, 1.807) is 0 Å². The van der Waals surface area contributed by atoms with Crippen LogP contribution < -0.4 is 11.4 Å². The van der Waals surface area contributed by atoms with Crippen LogP contribution in [0.4, 0.5) is 5.82 Å². The Morgan fingerprint density at radius 1 is 1.74 bits per heavy atom. The van der Waals surface area contributed by atoms with Gasteiger partial charge in [0, 0.05) is 11.9 Å². The molecule has 2 heterocycles. The van der Waals surface area contributed by atoms with E-state index in [1.165, 1.54) is 28.6 Å². The monoisotopic (exact) mass is 287 g/mol. The lowest BCUT2D eigenvalue weighted by molar-refractivity contribution is -0.143. The molecule has 2 rings (SSSR count). The molecule has 8 nitrogen and oxygen atoms in total. The molecule has 0 aromatic carbocycles. The summed E-state index contributed by atoms with van der Waals surface area (Å²) < 4.78 is 11.9. The van der Waals surface area contributed by atoms with Crippen LogP contribution in [-0.4, -0.2) is 45.0 Å². The van der Waals surface area contributed by atoms with Crippen LogP contribution in [0.25, 0.3) is 0 Å². The van der Waals surface area contributed by atoms with Crippen molar-refractivity contribution in [2.75, 3.05) is 24.7 Å². The second-order valence-electron chi connectivity index (χ2n) is 3.80. The quantitative estimate of drug-likeness (QED) is 0.745. The van der Waals surface area contributed by atoms with Crippen molar-refractivity contribution in [3.8, 4) is 0 Å². The minimum Gasteiger partial charge on any atom is -0.480 e. The van der Waals surface area contributed by atoms with Crippen molar-refractivity contribution in [2.45, 2.75) is 11.7 Å². The predicted molar refractivity (Wildman–Crippen MR) is 67.7 cm³/mol. The van der Waals surface area contributed by atoms with E-state index < -0.39 is 17.9 Å². The Kier molecular flexibility index (Phi) is 4.40. The van der Waals surface area contributed by atoms with Crippen LogP contribution in [0.3, 0.4) is 0 Å². The van der Waals surface area contributed by atoms with Gasteiger partial charge in [-0.3, -0.25) is 4.57 Å². The van der Waals surface area contributed by atoms with Crippen LogP contribution in [0.5, 0.6) is 0 Å². The lowest BCUT2D eigenvalue weighted by atomic mass is 10.5. The van der Waals surface area contributed by atoms with Crippen molar-refractivity contribution in [2.24, 2.45) is 0 Å². The molecule has 1 aromatic rings. The number of carboxylic acids is 1. The Balaban J connectivity index is 1.91. The molecule has 2 atom stereocenters. The number of carboxylic acid groups (broad SMARTS) is 1. The van der Waals surface area contributed by atoms with Gasteiger partial charge in [-0.05, 0) is 6.07 Å². The fraction of sp³-hybridized carbons (Fsp3) is 0.500. The van der Waals surface area contributed by atoms with Crippen LogP contribution in [0.1, 0.15) is 6.23 Å². The van der Waals surface area contributed by atoms with Crippen molar-refractivity contribution in [1.29, 1.82) is 0 Å². The van der Waals surface area contributed by atoms with Gasteiger partial charge in [-0.1, -0.05) is 0 Å². The number of anilines is 1. The summed E-state index contributed by atoms with van der Waals surface area (Å²) in [6.45, 7) is -0.209. The number of hydrogen-bond acceptors (Lipinski definition) is 7. The SMILES string of the molecule is Nc1ccn([C@H]2CS[C@@H](COCC(=O)O)O2)c(=O)n1. The topological polar surface area (TPSA) is 117 Å². The van der Waals surface area contributed by atoms with Crippen molar-refractivity contribution in [3.05, 3.63) is 22.7 Å². The standard InChI is InChI=1S/C10H13N3O5S/c11-6-1-2-13(10(16)12-6)7-5-19-9(18-7)4-17-3-8(14)15/h1-2,7,9H,3-5H2,(H,14,15)(H2,11,12,16)/t7-,9+/m1/s1. The Morgan fingerprint density at radius 2 is 2.53 bits per heavy atom. The number of thioether (sulfide) groups is 1. The van der Waals surface area contributed by atoms with E-state index in [0.29, 0.717) is 5.75 Å². The van der Waals surface area contributed by atoms with Gasteiger partial charge in [0.15, 0.2) is 0 Å². The molecule has 1 aliphatic heterocycles. The minimum absolute atomic E-state index is 0.157. The van der Waals surface area contributed by atoms with Crippen molar-refractivity contribution in [3.63, 3.8) is 0 Å². The molecule has 1 aliphatic rings. The van der Waals surface area contributed by atoms with E-state index >= 15 is 0 Å². The maximum absolute atomic E-state index is 11.6. The fourth-order valence-corrected chi connectivity index (χ4v) is 2.58. The lowest BCUT2D eigenvalue weighted by Crippen LogP contribution is -2.29. The van der Waals surface area contributed by atoms with Crippen LogP contribution in [-0.2, 0) is 14.3 Å². The van der Waals surface area contributed by atoms with Gasteiger partial charge in [0.05, 0.1) is 6.61 Å². The average molecular weight is 287 g/mol. The molecular weight excluding hydrogens is 274 g/mol. The smallest absolute Gasteiger partial charge is 0.351 e. The lowest BCUT2D eigenvalue weighted by Gasteiger charge is -2.14. The molecule has 0 radical (unpaired) electrons. The Labute approximate surface area is 112 Å². The van der Waals surface area contributed by atoms with Crippen molar-refractivity contribution < 1.29 is 19.4 Å². The highest BCUT2D eigenvalue weighted by Crippen LogP contribution is 2.30. The molecule has 1 fully saturated rings. The maximum atomic E-state index is 11.6. The van der Waals surface area contributed by atoms with Gasteiger partial charge in [-0.25, -0.2) is 9.59 Å². The Morgan fingerprint density at radius 3 is 3.21 bits per heavy atom. The van der Waals surface area contributed by atoms with Crippen LogP contribution >= 0.6 is 11.8 Å². The average Bonchev–Trinajstić information content (AvgIpc) is 2.77. The first-order chi connectivity index (χ1) is 9.06. The number of aromatic nitrogens is 2. The fourth-order valence-electron chi connectivity index (χ4n) is 1.56. The normalized spacial score (nSPS) is 22.5. The highest BCUT2D eigenvalue weighted by molar-refractivity contribution is 8.00. The first-order valence-electron chi connectivity index (χ1n) is 5.47. The predicted octanol–water partition coefficient (Wildman–Crippen LogP) is -0.485. The highest BCUT2D eigenvalue weighted by Gasteiger charge is 2.28. The van der Waals surface area contributed by atoms with Crippen LogP contribution in [0.2, 0.25) is 0 Å². The van der Waals surface area contributed by atoms with E-state index in [-0.39, 0.29) is 24.5 Å². The molecule has 104 valence electrons. The van der Waals surface area contributed by atoms with E-state index in [4.69, 9.17) is 20.3 Å². The molecule has 1 saturated heterocycles. The zero-order chi connectivity index (χ0) is 13.8. The number of hydrogen-bond donors (Lipinski definition) is 2. The van der Waals surface area contributed by atoms with E-state index in [1.807, 2.05) is 0 Å². The van der Waals surface area contributed by atoms with Gasteiger partial charge in [-0.15, -0.1) is 11.8 Å². The van der Waals surface area contributed by atoms with E-state index in [0.717, 1.165) is 0 Å². The summed E-state index contributed by atoms with van der Waals surface area (Å²) in [6.07, 6.45) is 1.08.